The smallest absolute Gasteiger partial charge is 0.246 e. The van der Waals surface area contributed by atoms with Gasteiger partial charge < -0.3 is 4.74 Å². The van der Waals surface area contributed by atoms with E-state index in [-0.39, 0.29) is 11.0 Å². The highest BCUT2D eigenvalue weighted by Gasteiger charge is 2.28. The molecule has 0 bridgehead atoms. The molecule has 0 aliphatic carbocycles. The third-order valence-electron chi connectivity index (χ3n) is 3.55. The fourth-order valence-corrected chi connectivity index (χ4v) is 3.94. The van der Waals surface area contributed by atoms with Crippen molar-refractivity contribution >= 4 is 21.6 Å². The first-order valence-corrected chi connectivity index (χ1v) is 9.25. The van der Waals surface area contributed by atoms with Gasteiger partial charge in [0.15, 0.2) is 0 Å². The molecule has 120 valence electrons. The third-order valence-corrected chi connectivity index (χ3v) is 5.71. The van der Waals surface area contributed by atoms with Crippen LogP contribution < -0.4 is 0 Å². The number of aryl methyl sites for hydroxylation is 1. The molecule has 1 fully saturated rings. The van der Waals surface area contributed by atoms with Gasteiger partial charge in [-0.3, -0.25) is 4.68 Å². The summed E-state index contributed by atoms with van der Waals surface area (Å²) in [6, 6.07) is 0. The first kappa shape index (κ1) is 16.7. The van der Waals surface area contributed by atoms with Gasteiger partial charge >= 0.3 is 0 Å². The van der Waals surface area contributed by atoms with Crippen molar-refractivity contribution in [2.45, 2.75) is 43.7 Å². The number of hydrogen-bond donors (Lipinski definition) is 0. The zero-order chi connectivity index (χ0) is 15.3. The molecule has 21 heavy (non-hydrogen) atoms. The van der Waals surface area contributed by atoms with E-state index in [1.165, 1.54) is 10.5 Å². The molecule has 8 heteroatoms. The van der Waals surface area contributed by atoms with Crippen LogP contribution in [0.15, 0.2) is 17.3 Å². The van der Waals surface area contributed by atoms with Crippen LogP contribution in [0.25, 0.3) is 0 Å². The van der Waals surface area contributed by atoms with Gasteiger partial charge in [0, 0.05) is 38.3 Å². The monoisotopic (exact) mass is 335 g/mol. The number of rotatable bonds is 8. The number of aromatic nitrogens is 2. The van der Waals surface area contributed by atoms with E-state index in [4.69, 9.17) is 16.3 Å². The van der Waals surface area contributed by atoms with E-state index in [0.29, 0.717) is 25.5 Å². The molecular weight excluding hydrogens is 314 g/mol. The van der Waals surface area contributed by atoms with Gasteiger partial charge in [-0.1, -0.05) is 6.92 Å². The number of hydrogen-bond acceptors (Lipinski definition) is 4. The van der Waals surface area contributed by atoms with Crippen LogP contribution in [-0.4, -0.2) is 54.2 Å². The molecular formula is C13H22ClN3O3S. The third kappa shape index (κ3) is 4.18. The lowest BCUT2D eigenvalue weighted by Crippen LogP contribution is -2.37. The molecule has 1 aromatic rings. The van der Waals surface area contributed by atoms with Gasteiger partial charge in [0.25, 0.3) is 0 Å². The van der Waals surface area contributed by atoms with Crippen molar-refractivity contribution in [2.75, 3.05) is 25.6 Å². The second-order valence-corrected chi connectivity index (χ2v) is 7.39. The van der Waals surface area contributed by atoms with E-state index in [0.717, 1.165) is 25.9 Å². The van der Waals surface area contributed by atoms with E-state index in [2.05, 4.69) is 5.10 Å². The van der Waals surface area contributed by atoms with E-state index >= 15 is 0 Å². The fraction of sp³-hybridized carbons (Fsp3) is 0.769. The van der Waals surface area contributed by atoms with Crippen LogP contribution in [-0.2, 0) is 21.3 Å². The Kier molecular flexibility index (Phi) is 6.04. The molecule has 1 aliphatic rings. The molecule has 0 N–H and O–H groups in total. The second kappa shape index (κ2) is 7.58. The molecule has 2 heterocycles. The van der Waals surface area contributed by atoms with Gasteiger partial charge in [-0.05, 0) is 19.3 Å². The summed E-state index contributed by atoms with van der Waals surface area (Å²) in [5.74, 6) is 0.530. The predicted octanol–water partition coefficient (Wildman–Crippen LogP) is 1.70. The summed E-state index contributed by atoms with van der Waals surface area (Å²) in [6.45, 7) is 4.01. The highest BCUT2D eigenvalue weighted by Crippen LogP contribution is 2.19. The van der Waals surface area contributed by atoms with Crippen LogP contribution >= 0.6 is 11.6 Å². The van der Waals surface area contributed by atoms with Gasteiger partial charge in [-0.2, -0.15) is 9.40 Å². The zero-order valence-corrected chi connectivity index (χ0v) is 13.8. The average molecular weight is 336 g/mol. The molecule has 1 aromatic heterocycles. The maximum absolute atomic E-state index is 12.6. The largest absolute Gasteiger partial charge is 0.377 e. The molecule has 2 rings (SSSR count). The minimum Gasteiger partial charge on any atom is -0.377 e. The quantitative estimate of drug-likeness (QED) is 0.678. The Bertz CT molecular complexity index is 541. The Morgan fingerprint density at radius 1 is 1.57 bits per heavy atom. The van der Waals surface area contributed by atoms with E-state index in [9.17, 15) is 8.42 Å². The minimum atomic E-state index is -3.51. The summed E-state index contributed by atoms with van der Waals surface area (Å²) in [4.78, 5) is 0.233. The summed E-state index contributed by atoms with van der Waals surface area (Å²) >= 11 is 5.63. The van der Waals surface area contributed by atoms with Crippen molar-refractivity contribution in [3.8, 4) is 0 Å². The molecule has 0 radical (unpaired) electrons. The van der Waals surface area contributed by atoms with Gasteiger partial charge in [-0.25, -0.2) is 8.42 Å². The van der Waals surface area contributed by atoms with Crippen LogP contribution in [0.4, 0.5) is 0 Å². The van der Waals surface area contributed by atoms with Crippen LogP contribution in [0.5, 0.6) is 0 Å². The Morgan fingerprint density at radius 2 is 2.38 bits per heavy atom. The SMILES string of the molecule is CCN(CC1CCCO1)S(=O)(=O)c1cnn(CCCCl)c1. The first-order valence-electron chi connectivity index (χ1n) is 7.28. The van der Waals surface area contributed by atoms with Crippen molar-refractivity contribution in [3.05, 3.63) is 12.4 Å². The maximum Gasteiger partial charge on any atom is 0.246 e. The Hall–Kier alpha value is -0.630. The lowest BCUT2D eigenvalue weighted by Gasteiger charge is -2.22. The standard InChI is InChI=1S/C13H22ClN3O3S/c1-2-17(10-12-5-3-8-20-12)21(18,19)13-9-15-16(11-13)7-4-6-14/h9,11-12H,2-8,10H2,1H3. The number of nitrogens with zero attached hydrogens (tertiary/aromatic N) is 3. The van der Waals surface area contributed by atoms with Crippen LogP contribution in [0, 0.1) is 0 Å². The van der Waals surface area contributed by atoms with Crippen LogP contribution in [0.1, 0.15) is 26.2 Å². The minimum absolute atomic E-state index is 0.00557. The topological polar surface area (TPSA) is 64.4 Å². The lowest BCUT2D eigenvalue weighted by atomic mass is 10.2. The van der Waals surface area contributed by atoms with Gasteiger partial charge in [0.2, 0.25) is 10.0 Å². The van der Waals surface area contributed by atoms with Crippen LogP contribution in [0.2, 0.25) is 0 Å². The summed E-state index contributed by atoms with van der Waals surface area (Å²) in [5, 5.41) is 4.09. The molecule has 0 spiro atoms. The number of halogens is 1. The van der Waals surface area contributed by atoms with Crippen molar-refractivity contribution in [1.29, 1.82) is 0 Å². The lowest BCUT2D eigenvalue weighted by molar-refractivity contribution is 0.0947. The molecule has 0 aromatic carbocycles. The number of alkyl halides is 1. The maximum atomic E-state index is 12.6. The first-order chi connectivity index (χ1) is 10.1. The summed E-state index contributed by atoms with van der Waals surface area (Å²) < 4.78 is 33.9. The van der Waals surface area contributed by atoms with Gasteiger partial charge in [0.1, 0.15) is 4.90 Å². The van der Waals surface area contributed by atoms with Crippen molar-refractivity contribution in [3.63, 3.8) is 0 Å². The van der Waals surface area contributed by atoms with Crippen molar-refractivity contribution in [2.24, 2.45) is 0 Å². The highest BCUT2D eigenvalue weighted by molar-refractivity contribution is 7.89. The molecule has 6 nitrogen and oxygen atoms in total. The zero-order valence-electron chi connectivity index (χ0n) is 12.2. The normalized spacial score (nSPS) is 19.5. The molecule has 0 amide bonds. The summed E-state index contributed by atoms with van der Waals surface area (Å²) in [5.41, 5.74) is 0. The van der Waals surface area contributed by atoms with E-state index in [1.807, 2.05) is 6.92 Å². The fourth-order valence-electron chi connectivity index (χ4n) is 2.38. The molecule has 0 saturated carbocycles. The second-order valence-electron chi connectivity index (χ2n) is 5.07. The number of ether oxygens (including phenoxy) is 1. The van der Waals surface area contributed by atoms with Gasteiger partial charge in [-0.15, -0.1) is 11.6 Å². The molecule has 1 saturated heterocycles. The average Bonchev–Trinajstić information content (AvgIpc) is 3.13. The molecule has 1 aliphatic heterocycles. The van der Waals surface area contributed by atoms with Crippen LogP contribution in [0.3, 0.4) is 0 Å². The summed E-state index contributed by atoms with van der Waals surface area (Å²) in [7, 11) is -3.51. The van der Waals surface area contributed by atoms with Crippen molar-refractivity contribution in [1.82, 2.24) is 14.1 Å². The van der Waals surface area contributed by atoms with Crippen molar-refractivity contribution < 1.29 is 13.2 Å². The highest BCUT2D eigenvalue weighted by atomic mass is 35.5. The van der Waals surface area contributed by atoms with E-state index in [1.54, 1.807) is 10.9 Å². The molecule has 1 unspecified atom stereocenters. The summed E-state index contributed by atoms with van der Waals surface area (Å²) in [6.07, 6.45) is 5.66. The Morgan fingerprint density at radius 3 is 3.00 bits per heavy atom. The Balaban J connectivity index is 2.08. The molecule has 1 atom stereocenters. The number of sulfonamides is 1. The van der Waals surface area contributed by atoms with Gasteiger partial charge in [0.05, 0.1) is 12.3 Å². The number of likely N-dealkylation sites (N-methyl/N-ethyl adjacent to an activating group) is 1. The van der Waals surface area contributed by atoms with E-state index < -0.39 is 10.0 Å². The Labute approximate surface area is 131 Å². The predicted molar refractivity (Wildman–Crippen MR) is 81.0 cm³/mol.